The van der Waals surface area contributed by atoms with E-state index < -0.39 is 5.54 Å². The number of nitrogens with one attached hydrogen (secondary N) is 1. The van der Waals surface area contributed by atoms with E-state index in [4.69, 9.17) is 10.5 Å². The molecule has 0 spiro atoms. The first-order valence-electron chi connectivity index (χ1n) is 9.80. The largest absolute Gasteiger partial charge is 0.378 e. The van der Waals surface area contributed by atoms with Crippen LogP contribution in [-0.2, 0) is 16.1 Å². The molecule has 1 amide bonds. The smallest absolute Gasteiger partial charge is 0.240 e. The summed E-state index contributed by atoms with van der Waals surface area (Å²) in [5.74, 6) is 0.535. The van der Waals surface area contributed by atoms with Gasteiger partial charge >= 0.3 is 0 Å². The second kappa shape index (κ2) is 7.97. The van der Waals surface area contributed by atoms with E-state index in [1.54, 1.807) is 0 Å². The van der Waals surface area contributed by atoms with Gasteiger partial charge in [-0.1, -0.05) is 19.9 Å². The molecule has 1 aliphatic heterocycles. The lowest BCUT2D eigenvalue weighted by Gasteiger charge is -2.57. The number of hydrogen-bond acceptors (Lipinski definition) is 5. The van der Waals surface area contributed by atoms with Crippen LogP contribution in [0.4, 0.5) is 0 Å². The predicted octanol–water partition coefficient (Wildman–Crippen LogP) is 2.61. The van der Waals surface area contributed by atoms with Gasteiger partial charge in [-0.2, -0.15) is 0 Å². The maximum atomic E-state index is 12.7. The van der Waals surface area contributed by atoms with Crippen LogP contribution >= 0.6 is 11.3 Å². The summed E-state index contributed by atoms with van der Waals surface area (Å²) < 4.78 is 5.72. The van der Waals surface area contributed by atoms with Crippen molar-refractivity contribution in [1.82, 2.24) is 10.2 Å². The number of hydrogen-bond donors (Lipinski definition) is 2. The van der Waals surface area contributed by atoms with Gasteiger partial charge in [-0.15, -0.1) is 11.3 Å². The molecule has 1 aliphatic carbocycles. The van der Waals surface area contributed by atoms with Gasteiger partial charge in [-0.3, -0.25) is 9.69 Å². The molecule has 146 valence electrons. The highest BCUT2D eigenvalue weighted by Crippen LogP contribution is 2.49. The number of nitrogens with zero attached hydrogens (tertiary/aromatic N) is 1. The average Bonchev–Trinajstić information content (AvgIpc) is 3.13. The number of thiophene rings is 1. The standard InChI is InChI=1S/C20H33N3O2S/c1-4-25-17-12-20(21,19(17,2)3)18(24)22-13-15-7-9-23(10-8-15)14-16-6-5-11-26-16/h5-6,11,15,17H,4,7-10,12-14,21H2,1-3H3,(H,22,24). The molecule has 2 atom stereocenters. The van der Waals surface area contributed by atoms with Gasteiger partial charge in [0.05, 0.1) is 6.10 Å². The van der Waals surface area contributed by atoms with Gasteiger partial charge in [-0.25, -0.2) is 0 Å². The van der Waals surface area contributed by atoms with Crippen LogP contribution in [0.5, 0.6) is 0 Å². The first-order valence-corrected chi connectivity index (χ1v) is 10.7. The SMILES string of the molecule is CCOC1CC(N)(C(=O)NCC2CCN(Cc3cccs3)CC2)C1(C)C. The molecule has 0 bridgehead atoms. The lowest BCUT2D eigenvalue weighted by Crippen LogP contribution is -2.75. The zero-order valence-corrected chi connectivity index (χ0v) is 17.1. The molecule has 0 radical (unpaired) electrons. The molecule has 5 nitrogen and oxygen atoms in total. The van der Waals surface area contributed by atoms with Crippen molar-refractivity contribution in [2.75, 3.05) is 26.2 Å². The average molecular weight is 380 g/mol. The predicted molar refractivity (Wildman–Crippen MR) is 106 cm³/mol. The van der Waals surface area contributed by atoms with Gasteiger partial charge in [0, 0.05) is 36.4 Å². The van der Waals surface area contributed by atoms with Crippen molar-refractivity contribution >= 4 is 17.2 Å². The third kappa shape index (κ3) is 3.84. The Labute approximate surface area is 161 Å². The molecule has 26 heavy (non-hydrogen) atoms. The van der Waals surface area contributed by atoms with Gasteiger partial charge in [0.15, 0.2) is 0 Å². The summed E-state index contributed by atoms with van der Waals surface area (Å²) >= 11 is 1.82. The van der Waals surface area contributed by atoms with Crippen LogP contribution in [-0.4, -0.2) is 48.7 Å². The number of ether oxygens (including phenoxy) is 1. The number of likely N-dealkylation sites (tertiary alicyclic amines) is 1. The summed E-state index contributed by atoms with van der Waals surface area (Å²) in [6.07, 6.45) is 2.95. The lowest BCUT2D eigenvalue weighted by molar-refractivity contribution is -0.170. The van der Waals surface area contributed by atoms with Crippen LogP contribution in [0.15, 0.2) is 17.5 Å². The highest BCUT2D eigenvalue weighted by Gasteiger charge is 2.62. The van der Waals surface area contributed by atoms with Crippen LogP contribution in [0.1, 0.15) is 44.9 Å². The van der Waals surface area contributed by atoms with E-state index in [1.165, 1.54) is 4.88 Å². The fourth-order valence-corrected chi connectivity index (χ4v) is 4.93. The van der Waals surface area contributed by atoms with Crippen LogP contribution < -0.4 is 11.1 Å². The summed E-state index contributed by atoms with van der Waals surface area (Å²) in [7, 11) is 0. The molecular formula is C20H33N3O2S. The Kier molecular flexibility index (Phi) is 6.07. The monoisotopic (exact) mass is 379 g/mol. The number of carbonyl (C=O) groups excluding carboxylic acids is 1. The minimum absolute atomic E-state index is 0.0144. The Hall–Kier alpha value is -0.950. The number of rotatable bonds is 7. The van der Waals surface area contributed by atoms with E-state index in [1.807, 2.05) is 32.1 Å². The normalized spacial score (nSPS) is 29.3. The van der Waals surface area contributed by atoms with Crippen molar-refractivity contribution in [2.24, 2.45) is 17.1 Å². The van der Waals surface area contributed by atoms with Crippen molar-refractivity contribution in [3.05, 3.63) is 22.4 Å². The minimum atomic E-state index is -0.813. The molecule has 3 rings (SSSR count). The van der Waals surface area contributed by atoms with Gasteiger partial charge < -0.3 is 15.8 Å². The minimum Gasteiger partial charge on any atom is -0.378 e. The summed E-state index contributed by atoms with van der Waals surface area (Å²) in [5.41, 5.74) is 5.32. The second-order valence-electron chi connectivity index (χ2n) is 8.35. The Morgan fingerprint density at radius 2 is 2.15 bits per heavy atom. The van der Waals surface area contributed by atoms with Gasteiger partial charge in [0.25, 0.3) is 0 Å². The summed E-state index contributed by atoms with van der Waals surface area (Å²) in [4.78, 5) is 16.7. The van der Waals surface area contributed by atoms with E-state index in [2.05, 4.69) is 27.7 Å². The van der Waals surface area contributed by atoms with Gasteiger partial charge in [0.2, 0.25) is 5.91 Å². The quantitative estimate of drug-likeness (QED) is 0.764. The van der Waals surface area contributed by atoms with Crippen LogP contribution in [0.25, 0.3) is 0 Å². The zero-order valence-electron chi connectivity index (χ0n) is 16.3. The Balaban J connectivity index is 1.42. The molecule has 0 aromatic carbocycles. The molecule has 3 N–H and O–H groups in total. The maximum absolute atomic E-state index is 12.7. The lowest BCUT2D eigenvalue weighted by atomic mass is 9.54. The molecule has 1 aromatic rings. The van der Waals surface area contributed by atoms with E-state index in [9.17, 15) is 4.79 Å². The molecule has 2 aliphatic rings. The van der Waals surface area contributed by atoms with Gasteiger partial charge in [0.1, 0.15) is 5.54 Å². The fourth-order valence-electron chi connectivity index (χ4n) is 4.19. The third-order valence-electron chi connectivity index (χ3n) is 6.45. The number of amides is 1. The summed E-state index contributed by atoms with van der Waals surface area (Å²) in [6.45, 7) is 10.7. The Bertz CT molecular complexity index is 596. The molecule has 1 aromatic heterocycles. The van der Waals surface area contributed by atoms with Crippen LogP contribution in [0.2, 0.25) is 0 Å². The van der Waals surface area contributed by atoms with Gasteiger partial charge in [-0.05, 0) is 50.2 Å². The fraction of sp³-hybridized carbons (Fsp3) is 0.750. The highest BCUT2D eigenvalue weighted by atomic mass is 32.1. The van der Waals surface area contributed by atoms with Crippen molar-refractivity contribution in [2.45, 2.75) is 58.2 Å². The molecule has 2 unspecified atom stereocenters. The zero-order chi connectivity index (χ0) is 18.8. The molecule has 6 heteroatoms. The number of piperidine rings is 1. The Morgan fingerprint density at radius 3 is 2.73 bits per heavy atom. The first-order chi connectivity index (χ1) is 12.4. The van der Waals surface area contributed by atoms with Crippen molar-refractivity contribution in [3.8, 4) is 0 Å². The van der Waals surface area contributed by atoms with E-state index in [0.29, 0.717) is 18.9 Å². The van der Waals surface area contributed by atoms with Crippen LogP contribution in [0.3, 0.4) is 0 Å². The second-order valence-corrected chi connectivity index (χ2v) is 9.38. The number of nitrogens with two attached hydrogens (primary N) is 1. The van der Waals surface area contributed by atoms with E-state index in [-0.39, 0.29) is 17.4 Å². The van der Waals surface area contributed by atoms with Crippen LogP contribution in [0, 0.1) is 11.3 Å². The van der Waals surface area contributed by atoms with Crippen molar-refractivity contribution in [1.29, 1.82) is 0 Å². The maximum Gasteiger partial charge on any atom is 0.240 e. The highest BCUT2D eigenvalue weighted by molar-refractivity contribution is 7.09. The molecule has 2 fully saturated rings. The Morgan fingerprint density at radius 1 is 1.42 bits per heavy atom. The van der Waals surface area contributed by atoms with Crippen molar-refractivity contribution < 1.29 is 9.53 Å². The topological polar surface area (TPSA) is 67.6 Å². The third-order valence-corrected chi connectivity index (χ3v) is 7.31. The van der Waals surface area contributed by atoms with Crippen molar-refractivity contribution in [3.63, 3.8) is 0 Å². The molecule has 1 saturated heterocycles. The number of carbonyl (C=O) groups is 1. The van der Waals surface area contributed by atoms with E-state index in [0.717, 1.165) is 39.0 Å². The first kappa shape index (κ1) is 19.8. The molecular weight excluding hydrogens is 346 g/mol. The summed E-state index contributed by atoms with van der Waals surface area (Å²) in [6, 6.07) is 4.32. The molecule has 2 heterocycles. The molecule has 1 saturated carbocycles. The van der Waals surface area contributed by atoms with E-state index >= 15 is 0 Å². The summed E-state index contributed by atoms with van der Waals surface area (Å²) in [5, 5.41) is 5.27.